The lowest BCUT2D eigenvalue weighted by atomic mass is 10.2. The van der Waals surface area contributed by atoms with Crippen molar-refractivity contribution in [1.29, 1.82) is 0 Å². The van der Waals surface area contributed by atoms with Gasteiger partial charge in [0, 0.05) is 17.6 Å². The van der Waals surface area contributed by atoms with Crippen LogP contribution in [-0.4, -0.2) is 23.1 Å². The summed E-state index contributed by atoms with van der Waals surface area (Å²) in [4.78, 5) is 25.5. The predicted molar refractivity (Wildman–Crippen MR) is 112 cm³/mol. The molecule has 1 saturated carbocycles. The third kappa shape index (κ3) is 3.63. The van der Waals surface area contributed by atoms with E-state index < -0.39 is 26.8 Å². The highest BCUT2D eigenvalue weighted by atomic mass is 35.5. The number of fused-ring (bicyclic) bond motifs is 1. The van der Waals surface area contributed by atoms with Crippen LogP contribution in [0.4, 0.5) is 0 Å². The van der Waals surface area contributed by atoms with Crippen molar-refractivity contribution in [1.82, 2.24) is 13.9 Å². The Morgan fingerprint density at radius 1 is 1.14 bits per heavy atom. The van der Waals surface area contributed by atoms with E-state index in [9.17, 15) is 18.0 Å². The monoisotopic (exact) mass is 433 g/mol. The minimum absolute atomic E-state index is 0.00170. The molecule has 0 spiro atoms. The van der Waals surface area contributed by atoms with E-state index in [-0.39, 0.29) is 16.8 Å². The molecular formula is C20H20ClN3O4S. The molecule has 7 nitrogen and oxygen atoms in total. The molecule has 1 N–H and O–H groups in total. The minimum Gasteiger partial charge on any atom is -0.289 e. The van der Waals surface area contributed by atoms with Gasteiger partial charge in [-0.15, -0.1) is 0 Å². The summed E-state index contributed by atoms with van der Waals surface area (Å²) in [6.45, 7) is 2.00. The van der Waals surface area contributed by atoms with Gasteiger partial charge in [0.05, 0.1) is 22.3 Å². The van der Waals surface area contributed by atoms with Gasteiger partial charge in [0.25, 0.3) is 5.56 Å². The minimum atomic E-state index is -3.77. The second-order valence-corrected chi connectivity index (χ2v) is 9.76. The molecule has 0 bridgehead atoms. The van der Waals surface area contributed by atoms with E-state index in [4.69, 9.17) is 11.6 Å². The van der Waals surface area contributed by atoms with Crippen molar-refractivity contribution >= 4 is 32.5 Å². The average molecular weight is 434 g/mol. The molecule has 1 aliphatic carbocycles. The zero-order chi connectivity index (χ0) is 21.0. The topological polar surface area (TPSA) is 90.2 Å². The fraction of sp³-hybridized carbons (Fsp3) is 0.300. The normalized spacial score (nSPS) is 15.6. The summed E-state index contributed by atoms with van der Waals surface area (Å²) in [5.41, 5.74) is -0.399. The zero-order valence-corrected chi connectivity index (χ0v) is 17.5. The smallest absolute Gasteiger partial charge is 0.289 e. The lowest BCUT2D eigenvalue weighted by Gasteiger charge is -2.15. The van der Waals surface area contributed by atoms with Gasteiger partial charge in [0.1, 0.15) is 0 Å². The van der Waals surface area contributed by atoms with Gasteiger partial charge >= 0.3 is 5.69 Å². The molecule has 0 unspecified atom stereocenters. The third-order valence-corrected chi connectivity index (χ3v) is 7.29. The second kappa shape index (κ2) is 6.83. The number of sulfonamides is 1. The maximum absolute atomic E-state index is 12.7. The molecule has 1 fully saturated rings. The van der Waals surface area contributed by atoms with Crippen molar-refractivity contribution in [3.8, 4) is 0 Å². The molecule has 4 rings (SSSR count). The first-order valence-electron chi connectivity index (χ1n) is 9.12. The fourth-order valence-electron chi connectivity index (χ4n) is 3.26. The Morgan fingerprint density at radius 2 is 1.83 bits per heavy atom. The second-order valence-electron chi connectivity index (χ2n) is 7.67. The summed E-state index contributed by atoms with van der Waals surface area (Å²) in [5.74, 6) is 0. The molecule has 0 aliphatic heterocycles. The molecule has 0 saturated heterocycles. The molecule has 1 heterocycles. The number of hydrogen-bond acceptors (Lipinski definition) is 4. The Balaban J connectivity index is 1.89. The average Bonchev–Trinajstić information content (AvgIpc) is 3.40. The Hall–Kier alpha value is -2.42. The molecule has 0 amide bonds. The number of benzene rings is 2. The standard InChI is InChI=1S/C20H20ClN3O4S/c1-20(9-10-20)22-29(27,28)14-7-8-17-15(11-14)18(25)23(2)19(26)24(17)12-13-5-3-4-6-16(13)21/h3-8,11,22H,9-10,12H2,1-2H3. The molecule has 2 aromatic carbocycles. The molecule has 152 valence electrons. The van der Waals surface area contributed by atoms with Crippen LogP contribution < -0.4 is 16.0 Å². The summed E-state index contributed by atoms with van der Waals surface area (Å²) in [5, 5.41) is 0.658. The van der Waals surface area contributed by atoms with E-state index in [1.807, 2.05) is 13.0 Å². The highest BCUT2D eigenvalue weighted by molar-refractivity contribution is 7.89. The van der Waals surface area contributed by atoms with Crippen LogP contribution in [0.2, 0.25) is 5.02 Å². The molecule has 29 heavy (non-hydrogen) atoms. The first-order valence-corrected chi connectivity index (χ1v) is 11.0. The van der Waals surface area contributed by atoms with Crippen molar-refractivity contribution in [3.05, 3.63) is 73.9 Å². The van der Waals surface area contributed by atoms with Crippen molar-refractivity contribution < 1.29 is 8.42 Å². The molecule has 3 aromatic rings. The molecule has 9 heteroatoms. The Labute approximate surface area is 172 Å². The number of halogens is 1. The molecule has 0 atom stereocenters. The van der Waals surface area contributed by atoms with E-state index in [1.165, 1.54) is 29.8 Å². The van der Waals surface area contributed by atoms with E-state index in [0.29, 0.717) is 10.5 Å². The Kier molecular flexibility index (Phi) is 4.68. The van der Waals surface area contributed by atoms with Gasteiger partial charge in [-0.3, -0.25) is 13.9 Å². The van der Waals surface area contributed by atoms with Crippen LogP contribution in [0.15, 0.2) is 56.9 Å². The molecule has 0 radical (unpaired) electrons. The maximum atomic E-state index is 12.7. The van der Waals surface area contributed by atoms with Crippen molar-refractivity contribution in [2.24, 2.45) is 7.05 Å². The van der Waals surface area contributed by atoms with Gasteiger partial charge in [-0.1, -0.05) is 29.8 Å². The van der Waals surface area contributed by atoms with E-state index >= 15 is 0 Å². The first-order chi connectivity index (χ1) is 13.6. The van der Waals surface area contributed by atoms with E-state index in [0.717, 1.165) is 23.0 Å². The van der Waals surface area contributed by atoms with Crippen LogP contribution in [0.3, 0.4) is 0 Å². The lowest BCUT2D eigenvalue weighted by Crippen LogP contribution is -2.38. The molecule has 1 aromatic heterocycles. The number of rotatable bonds is 5. The number of nitrogens with zero attached hydrogens (tertiary/aromatic N) is 2. The summed E-state index contributed by atoms with van der Waals surface area (Å²) in [6.07, 6.45) is 1.55. The van der Waals surface area contributed by atoms with Gasteiger partial charge in [0.2, 0.25) is 10.0 Å². The van der Waals surface area contributed by atoms with Crippen molar-refractivity contribution in [2.45, 2.75) is 36.7 Å². The van der Waals surface area contributed by atoms with Gasteiger partial charge in [-0.05, 0) is 49.6 Å². The SMILES string of the molecule is Cn1c(=O)c2cc(S(=O)(=O)NC3(C)CC3)ccc2n(Cc2ccccc2Cl)c1=O. The molecular weight excluding hydrogens is 414 g/mol. The number of aromatic nitrogens is 2. The summed E-state index contributed by atoms with van der Waals surface area (Å²) < 4.78 is 30.5. The summed E-state index contributed by atoms with van der Waals surface area (Å²) >= 11 is 6.23. The Morgan fingerprint density at radius 3 is 2.48 bits per heavy atom. The van der Waals surface area contributed by atoms with Gasteiger partial charge in [-0.2, -0.15) is 0 Å². The highest BCUT2D eigenvalue weighted by Gasteiger charge is 2.41. The Bertz CT molecular complexity index is 1350. The molecule has 1 aliphatic rings. The summed E-state index contributed by atoms with van der Waals surface area (Å²) in [7, 11) is -2.40. The number of nitrogens with one attached hydrogen (secondary N) is 1. The first kappa shape index (κ1) is 19.9. The van der Waals surface area contributed by atoms with Gasteiger partial charge in [-0.25, -0.2) is 17.9 Å². The van der Waals surface area contributed by atoms with Crippen LogP contribution in [0, 0.1) is 0 Å². The fourth-order valence-corrected chi connectivity index (χ4v) is 4.95. The maximum Gasteiger partial charge on any atom is 0.331 e. The largest absolute Gasteiger partial charge is 0.331 e. The zero-order valence-electron chi connectivity index (χ0n) is 16.0. The van der Waals surface area contributed by atoms with E-state index in [1.54, 1.807) is 18.2 Å². The van der Waals surface area contributed by atoms with Gasteiger partial charge in [0.15, 0.2) is 0 Å². The predicted octanol–water partition coefficient (Wildman–Crippen LogP) is 2.23. The van der Waals surface area contributed by atoms with Crippen LogP contribution in [-0.2, 0) is 23.6 Å². The highest BCUT2D eigenvalue weighted by Crippen LogP contribution is 2.36. The van der Waals surface area contributed by atoms with Crippen LogP contribution in [0.25, 0.3) is 10.9 Å². The summed E-state index contributed by atoms with van der Waals surface area (Å²) in [6, 6.07) is 11.4. The third-order valence-electron chi connectivity index (χ3n) is 5.29. The quantitative estimate of drug-likeness (QED) is 0.668. The van der Waals surface area contributed by atoms with Crippen LogP contribution in [0.5, 0.6) is 0 Å². The van der Waals surface area contributed by atoms with E-state index in [2.05, 4.69) is 4.72 Å². The van der Waals surface area contributed by atoms with Crippen LogP contribution >= 0.6 is 11.6 Å². The number of hydrogen-bond donors (Lipinski definition) is 1. The van der Waals surface area contributed by atoms with Crippen LogP contribution in [0.1, 0.15) is 25.3 Å². The van der Waals surface area contributed by atoms with Gasteiger partial charge < -0.3 is 0 Å². The van der Waals surface area contributed by atoms with Crippen molar-refractivity contribution in [2.75, 3.05) is 0 Å². The lowest BCUT2D eigenvalue weighted by molar-refractivity contribution is 0.558. The van der Waals surface area contributed by atoms with Crippen molar-refractivity contribution in [3.63, 3.8) is 0 Å².